The summed E-state index contributed by atoms with van der Waals surface area (Å²) in [5.41, 5.74) is 1.19. The molecule has 2 aromatic rings. The second-order valence-electron chi connectivity index (χ2n) is 5.18. The Balaban J connectivity index is 2.06. The molecule has 0 amide bonds. The third-order valence-electron chi connectivity index (χ3n) is 2.89. The predicted molar refractivity (Wildman–Crippen MR) is 73.3 cm³/mol. The lowest BCUT2D eigenvalue weighted by Gasteiger charge is -2.12. The minimum absolute atomic E-state index is 0.264. The van der Waals surface area contributed by atoms with Gasteiger partial charge < -0.3 is 9.26 Å². The number of para-hydroxylation sites is 1. The summed E-state index contributed by atoms with van der Waals surface area (Å²) in [7, 11) is 0. The Hall–Kier alpha value is -1.84. The van der Waals surface area contributed by atoms with Crippen molar-refractivity contribution in [3.63, 3.8) is 0 Å². The fourth-order valence-electron chi connectivity index (χ4n) is 1.79. The van der Waals surface area contributed by atoms with Gasteiger partial charge in [-0.1, -0.05) is 51.1 Å². The van der Waals surface area contributed by atoms with Crippen LogP contribution in [0.25, 0.3) is 0 Å². The van der Waals surface area contributed by atoms with Crippen molar-refractivity contribution in [3.05, 3.63) is 41.5 Å². The first-order valence-corrected chi connectivity index (χ1v) is 6.62. The van der Waals surface area contributed by atoms with Gasteiger partial charge in [0.15, 0.2) is 12.4 Å². The average Bonchev–Trinajstić information content (AvgIpc) is 2.85. The molecule has 1 heterocycles. The van der Waals surface area contributed by atoms with Gasteiger partial charge in [-0.2, -0.15) is 4.98 Å². The van der Waals surface area contributed by atoms with Gasteiger partial charge in [0.05, 0.1) is 0 Å². The first kappa shape index (κ1) is 13.6. The van der Waals surface area contributed by atoms with Crippen LogP contribution in [0.3, 0.4) is 0 Å². The van der Waals surface area contributed by atoms with E-state index in [0.717, 1.165) is 11.6 Å². The second-order valence-corrected chi connectivity index (χ2v) is 5.18. The molecule has 0 fully saturated rings. The second kappa shape index (κ2) is 5.87. The molecular weight excluding hydrogens is 240 g/mol. The van der Waals surface area contributed by atoms with Gasteiger partial charge in [0, 0.05) is 5.92 Å². The lowest BCUT2D eigenvalue weighted by Crippen LogP contribution is -2.00. The summed E-state index contributed by atoms with van der Waals surface area (Å²) in [5, 5.41) is 3.92. The van der Waals surface area contributed by atoms with Crippen LogP contribution in [0.5, 0.6) is 5.75 Å². The lowest BCUT2D eigenvalue weighted by molar-refractivity contribution is 0.240. The van der Waals surface area contributed by atoms with Gasteiger partial charge in [0.1, 0.15) is 5.75 Å². The molecule has 102 valence electrons. The summed E-state index contributed by atoms with van der Waals surface area (Å²) in [6.07, 6.45) is 0. The molecule has 0 aliphatic heterocycles. The molecule has 2 rings (SSSR count). The Bertz CT molecular complexity index is 532. The Morgan fingerprint density at radius 2 is 1.84 bits per heavy atom. The van der Waals surface area contributed by atoms with E-state index in [1.807, 2.05) is 32.0 Å². The minimum atomic E-state index is 0.264. The van der Waals surface area contributed by atoms with E-state index >= 15 is 0 Å². The Labute approximate surface area is 113 Å². The molecule has 0 bridgehead atoms. The van der Waals surface area contributed by atoms with Crippen LogP contribution in [0.1, 0.15) is 56.8 Å². The topological polar surface area (TPSA) is 48.2 Å². The van der Waals surface area contributed by atoms with Gasteiger partial charge in [-0.25, -0.2) is 0 Å². The monoisotopic (exact) mass is 260 g/mol. The van der Waals surface area contributed by atoms with Crippen molar-refractivity contribution in [2.24, 2.45) is 0 Å². The third-order valence-corrected chi connectivity index (χ3v) is 2.89. The summed E-state index contributed by atoms with van der Waals surface area (Å²) in [5.74, 6) is 2.80. The van der Waals surface area contributed by atoms with E-state index in [9.17, 15) is 0 Å². The number of rotatable bonds is 5. The van der Waals surface area contributed by atoms with Crippen molar-refractivity contribution in [2.45, 2.75) is 46.1 Å². The van der Waals surface area contributed by atoms with E-state index in [4.69, 9.17) is 9.26 Å². The molecule has 0 unspecified atom stereocenters. The molecule has 0 aliphatic carbocycles. The summed E-state index contributed by atoms with van der Waals surface area (Å²) < 4.78 is 10.9. The first-order chi connectivity index (χ1) is 9.08. The first-order valence-electron chi connectivity index (χ1n) is 6.62. The molecule has 0 saturated carbocycles. The Kier molecular flexibility index (Phi) is 4.20. The number of nitrogens with zero attached hydrogens (tertiary/aromatic N) is 2. The molecule has 0 atom stereocenters. The highest BCUT2D eigenvalue weighted by atomic mass is 16.5. The number of benzene rings is 1. The van der Waals surface area contributed by atoms with E-state index in [1.165, 1.54) is 5.56 Å². The predicted octanol–water partition coefficient (Wildman–Crippen LogP) is 3.90. The van der Waals surface area contributed by atoms with E-state index in [0.29, 0.717) is 18.4 Å². The summed E-state index contributed by atoms with van der Waals surface area (Å²) in [6.45, 7) is 8.66. The van der Waals surface area contributed by atoms with E-state index < -0.39 is 0 Å². The van der Waals surface area contributed by atoms with Crippen molar-refractivity contribution in [3.8, 4) is 5.75 Å². The summed E-state index contributed by atoms with van der Waals surface area (Å²) in [6, 6.07) is 8.03. The normalized spacial score (nSPS) is 11.3. The van der Waals surface area contributed by atoms with Gasteiger partial charge >= 0.3 is 0 Å². The van der Waals surface area contributed by atoms with Crippen molar-refractivity contribution >= 4 is 0 Å². The smallest absolute Gasteiger partial charge is 0.264 e. The largest absolute Gasteiger partial charge is 0.483 e. The number of ether oxygens (including phenoxy) is 1. The van der Waals surface area contributed by atoms with Crippen molar-refractivity contribution < 1.29 is 9.26 Å². The number of hydrogen-bond acceptors (Lipinski definition) is 4. The Morgan fingerprint density at radius 1 is 1.11 bits per heavy atom. The van der Waals surface area contributed by atoms with Gasteiger partial charge in [-0.3, -0.25) is 0 Å². The Morgan fingerprint density at radius 3 is 2.47 bits per heavy atom. The standard InChI is InChI=1S/C15H20N2O2/c1-10(2)12-7-5-6-8-13(12)18-9-14-16-15(11(3)4)17-19-14/h5-8,10-11H,9H2,1-4H3. The molecule has 0 N–H and O–H groups in total. The quantitative estimate of drug-likeness (QED) is 0.818. The van der Waals surface area contributed by atoms with Crippen LogP contribution in [0.2, 0.25) is 0 Å². The van der Waals surface area contributed by atoms with Crippen LogP contribution < -0.4 is 4.74 Å². The highest BCUT2D eigenvalue weighted by molar-refractivity contribution is 5.35. The molecule has 0 aliphatic rings. The molecule has 0 saturated heterocycles. The summed E-state index contributed by atoms with van der Waals surface area (Å²) in [4.78, 5) is 4.30. The molecule has 4 heteroatoms. The molecule has 19 heavy (non-hydrogen) atoms. The van der Waals surface area contributed by atoms with Crippen LogP contribution >= 0.6 is 0 Å². The SMILES string of the molecule is CC(C)c1noc(COc2ccccc2C(C)C)n1. The highest BCUT2D eigenvalue weighted by Crippen LogP contribution is 2.26. The van der Waals surface area contributed by atoms with E-state index in [-0.39, 0.29) is 5.92 Å². The highest BCUT2D eigenvalue weighted by Gasteiger charge is 2.12. The molecular formula is C15H20N2O2. The fraction of sp³-hybridized carbons (Fsp3) is 0.467. The number of aromatic nitrogens is 2. The maximum absolute atomic E-state index is 5.78. The molecule has 0 radical (unpaired) electrons. The molecule has 1 aromatic carbocycles. The van der Waals surface area contributed by atoms with Crippen molar-refractivity contribution in [2.75, 3.05) is 0 Å². The maximum atomic E-state index is 5.78. The third kappa shape index (κ3) is 3.34. The molecule has 0 spiro atoms. The van der Waals surface area contributed by atoms with Gasteiger partial charge in [0.25, 0.3) is 5.89 Å². The van der Waals surface area contributed by atoms with Gasteiger partial charge in [0.2, 0.25) is 0 Å². The summed E-state index contributed by atoms with van der Waals surface area (Å²) >= 11 is 0. The van der Waals surface area contributed by atoms with Gasteiger partial charge in [-0.05, 0) is 17.5 Å². The van der Waals surface area contributed by atoms with Crippen LogP contribution in [0.4, 0.5) is 0 Å². The zero-order chi connectivity index (χ0) is 13.8. The van der Waals surface area contributed by atoms with Crippen molar-refractivity contribution in [1.82, 2.24) is 10.1 Å². The van der Waals surface area contributed by atoms with E-state index in [1.54, 1.807) is 0 Å². The van der Waals surface area contributed by atoms with Crippen LogP contribution in [-0.2, 0) is 6.61 Å². The zero-order valence-electron chi connectivity index (χ0n) is 11.9. The molecule has 4 nitrogen and oxygen atoms in total. The molecule has 1 aromatic heterocycles. The van der Waals surface area contributed by atoms with Gasteiger partial charge in [-0.15, -0.1) is 0 Å². The average molecular weight is 260 g/mol. The lowest BCUT2D eigenvalue weighted by atomic mass is 10.0. The van der Waals surface area contributed by atoms with Crippen LogP contribution in [0, 0.1) is 0 Å². The number of hydrogen-bond donors (Lipinski definition) is 0. The van der Waals surface area contributed by atoms with Crippen LogP contribution in [0.15, 0.2) is 28.8 Å². The minimum Gasteiger partial charge on any atom is -0.483 e. The zero-order valence-corrected chi connectivity index (χ0v) is 11.9. The van der Waals surface area contributed by atoms with Crippen molar-refractivity contribution in [1.29, 1.82) is 0 Å². The van der Waals surface area contributed by atoms with Crippen LogP contribution in [-0.4, -0.2) is 10.1 Å². The fourth-order valence-corrected chi connectivity index (χ4v) is 1.79. The maximum Gasteiger partial charge on any atom is 0.264 e. The van der Waals surface area contributed by atoms with E-state index in [2.05, 4.69) is 30.1 Å².